The van der Waals surface area contributed by atoms with Gasteiger partial charge in [-0.2, -0.15) is 0 Å². The molecule has 0 radical (unpaired) electrons. The molecule has 1 fully saturated rings. The monoisotopic (exact) mass is 212 g/mol. The van der Waals surface area contributed by atoms with Crippen molar-refractivity contribution in [3.05, 3.63) is 11.2 Å². The molecule has 2 heterocycles. The van der Waals surface area contributed by atoms with Gasteiger partial charge in [-0.15, -0.1) is 0 Å². The highest BCUT2D eigenvalue weighted by Gasteiger charge is 2.34. The summed E-state index contributed by atoms with van der Waals surface area (Å²) in [5.74, 6) is 0.604. The maximum Gasteiger partial charge on any atom is 0.226 e. The van der Waals surface area contributed by atoms with Crippen LogP contribution in [0, 0.1) is 11.8 Å². The van der Waals surface area contributed by atoms with Gasteiger partial charge in [0, 0.05) is 31.6 Å². The van der Waals surface area contributed by atoms with Gasteiger partial charge in [-0.25, -0.2) is 4.99 Å². The lowest BCUT2D eigenvalue weighted by Gasteiger charge is -2.18. The van der Waals surface area contributed by atoms with Gasteiger partial charge >= 0.3 is 0 Å². The molecule has 2 aliphatic heterocycles. The number of carbonyl (C=O) groups is 1. The van der Waals surface area contributed by atoms with Crippen LogP contribution in [0.3, 0.4) is 0 Å². The van der Waals surface area contributed by atoms with E-state index in [0.717, 1.165) is 19.4 Å². The summed E-state index contributed by atoms with van der Waals surface area (Å²) in [5.41, 5.74) is 0. The minimum absolute atomic E-state index is 0.116. The Labute approximate surface area is 88.4 Å². The molecule has 0 bridgehead atoms. The van der Waals surface area contributed by atoms with Gasteiger partial charge in [0.25, 0.3) is 0 Å². The van der Waals surface area contributed by atoms with Gasteiger partial charge in [0.2, 0.25) is 5.91 Å². The minimum atomic E-state index is 0.116. The van der Waals surface area contributed by atoms with E-state index in [1.807, 2.05) is 19.3 Å². The zero-order valence-corrected chi connectivity index (χ0v) is 8.87. The Morgan fingerprint density at radius 1 is 1.64 bits per heavy atom. The van der Waals surface area contributed by atoms with Crippen LogP contribution in [0.5, 0.6) is 0 Å². The van der Waals surface area contributed by atoms with Gasteiger partial charge in [-0.1, -0.05) is 11.6 Å². The van der Waals surface area contributed by atoms with E-state index in [0.29, 0.717) is 5.16 Å². The molecule has 14 heavy (non-hydrogen) atoms. The molecule has 0 aromatic rings. The van der Waals surface area contributed by atoms with Gasteiger partial charge in [0.1, 0.15) is 5.16 Å². The van der Waals surface area contributed by atoms with E-state index < -0.39 is 0 Å². The molecule has 76 valence electrons. The number of carbonyl (C=O) groups excluding carboxylic acids is 1. The summed E-state index contributed by atoms with van der Waals surface area (Å²) < 4.78 is 0. The summed E-state index contributed by atoms with van der Waals surface area (Å²) in [6.45, 7) is 0.866. The molecule has 2 rings (SSSR count). The minimum Gasteiger partial charge on any atom is -0.345 e. The molecule has 0 aromatic carbocycles. The summed E-state index contributed by atoms with van der Waals surface area (Å²) in [4.78, 5) is 17.5. The predicted molar refractivity (Wildman–Crippen MR) is 56.3 cm³/mol. The maximum absolute atomic E-state index is 11.7. The number of aliphatic imine (C=N–C) groups is 1. The lowest BCUT2D eigenvalue weighted by atomic mass is 9.88. The first-order valence-corrected chi connectivity index (χ1v) is 5.21. The van der Waals surface area contributed by atoms with E-state index in [2.05, 4.69) is 4.99 Å². The molecule has 2 unspecified atom stereocenters. The Bertz CT molecular complexity index is 311. The molecule has 3 nitrogen and oxygen atoms in total. The smallest absolute Gasteiger partial charge is 0.226 e. The molecule has 2 atom stereocenters. The molecule has 0 N–H and O–H groups in total. The van der Waals surface area contributed by atoms with Gasteiger partial charge in [-0.3, -0.25) is 4.79 Å². The average molecular weight is 213 g/mol. The van der Waals surface area contributed by atoms with Gasteiger partial charge in [0.05, 0.1) is 0 Å². The number of hydrogen-bond donors (Lipinski definition) is 0. The van der Waals surface area contributed by atoms with Crippen LogP contribution in [0.4, 0.5) is 0 Å². The Kier molecular flexibility index (Phi) is 2.59. The third-order valence-electron chi connectivity index (χ3n) is 2.93. The van der Waals surface area contributed by atoms with Crippen LogP contribution in [0.15, 0.2) is 16.2 Å². The van der Waals surface area contributed by atoms with Crippen molar-refractivity contribution in [2.45, 2.75) is 12.8 Å². The second kappa shape index (κ2) is 3.73. The zero-order valence-electron chi connectivity index (χ0n) is 8.11. The summed E-state index contributed by atoms with van der Waals surface area (Å²) in [5, 5.41) is 0.542. The van der Waals surface area contributed by atoms with E-state index in [1.165, 1.54) is 0 Å². The maximum atomic E-state index is 11.7. The number of amides is 1. The van der Waals surface area contributed by atoms with Crippen molar-refractivity contribution in [1.82, 2.24) is 4.90 Å². The number of allylic oxidation sites excluding steroid dienone is 1. The summed E-state index contributed by atoms with van der Waals surface area (Å²) in [7, 11) is 1.85. The summed E-state index contributed by atoms with van der Waals surface area (Å²) >= 11 is 5.72. The first-order valence-electron chi connectivity index (χ1n) is 4.83. The third kappa shape index (κ3) is 1.69. The fourth-order valence-electron chi connectivity index (χ4n) is 2.03. The normalized spacial score (nSPS) is 32.3. The zero-order chi connectivity index (χ0) is 10.1. The molecule has 1 amide bonds. The second-order valence-electron chi connectivity index (χ2n) is 3.86. The van der Waals surface area contributed by atoms with Crippen molar-refractivity contribution in [2.24, 2.45) is 16.8 Å². The van der Waals surface area contributed by atoms with Gasteiger partial charge in [-0.05, 0) is 18.9 Å². The topological polar surface area (TPSA) is 32.7 Å². The first kappa shape index (κ1) is 9.71. The SMILES string of the molecule is CN1CCC(C2C=NC(Cl)=CC2)C1=O. The van der Waals surface area contributed by atoms with E-state index in [1.54, 1.807) is 4.90 Å². The van der Waals surface area contributed by atoms with Crippen LogP contribution in [0.1, 0.15) is 12.8 Å². The fourth-order valence-corrected chi connectivity index (χ4v) is 2.17. The van der Waals surface area contributed by atoms with Crippen molar-refractivity contribution < 1.29 is 4.79 Å². The van der Waals surface area contributed by atoms with Crippen LogP contribution in [0.25, 0.3) is 0 Å². The van der Waals surface area contributed by atoms with Gasteiger partial charge < -0.3 is 4.90 Å². The van der Waals surface area contributed by atoms with Crippen molar-refractivity contribution >= 4 is 23.7 Å². The molecular weight excluding hydrogens is 200 g/mol. The van der Waals surface area contributed by atoms with E-state index in [4.69, 9.17) is 11.6 Å². The molecule has 0 saturated carbocycles. The lowest BCUT2D eigenvalue weighted by Crippen LogP contribution is -2.28. The molecule has 2 aliphatic rings. The lowest BCUT2D eigenvalue weighted by molar-refractivity contribution is -0.130. The number of halogens is 1. The molecule has 0 spiro atoms. The molecule has 4 heteroatoms. The summed E-state index contributed by atoms with van der Waals surface area (Å²) in [6, 6.07) is 0. The Hall–Kier alpha value is -0.830. The quantitative estimate of drug-likeness (QED) is 0.609. The fraction of sp³-hybridized carbons (Fsp3) is 0.600. The predicted octanol–water partition coefficient (Wildman–Crippen LogP) is 1.64. The molecule has 0 aromatic heterocycles. The van der Waals surface area contributed by atoms with Crippen molar-refractivity contribution in [1.29, 1.82) is 0 Å². The van der Waals surface area contributed by atoms with E-state index in [9.17, 15) is 4.79 Å². The second-order valence-corrected chi connectivity index (χ2v) is 4.25. The Balaban J connectivity index is 2.04. The van der Waals surface area contributed by atoms with E-state index >= 15 is 0 Å². The number of nitrogens with zero attached hydrogens (tertiary/aromatic N) is 2. The molecular formula is C10H13ClN2O. The van der Waals surface area contributed by atoms with Crippen molar-refractivity contribution in [2.75, 3.05) is 13.6 Å². The molecule has 0 aliphatic carbocycles. The highest BCUT2D eigenvalue weighted by atomic mass is 35.5. The van der Waals surface area contributed by atoms with Crippen LogP contribution in [0.2, 0.25) is 0 Å². The highest BCUT2D eigenvalue weighted by molar-refractivity contribution is 6.29. The van der Waals surface area contributed by atoms with Gasteiger partial charge in [0.15, 0.2) is 0 Å². The van der Waals surface area contributed by atoms with Crippen LogP contribution in [-0.2, 0) is 4.79 Å². The number of hydrogen-bond acceptors (Lipinski definition) is 2. The van der Waals surface area contributed by atoms with Crippen LogP contribution in [-0.4, -0.2) is 30.6 Å². The molecule has 1 saturated heterocycles. The van der Waals surface area contributed by atoms with Crippen molar-refractivity contribution in [3.63, 3.8) is 0 Å². The Morgan fingerprint density at radius 3 is 2.93 bits per heavy atom. The standard InChI is InChI=1S/C10H13ClN2O/c1-13-5-4-8(10(13)14)7-2-3-9(11)12-6-7/h3,6-8H,2,4-5H2,1H3. The van der Waals surface area contributed by atoms with Crippen LogP contribution >= 0.6 is 11.6 Å². The highest BCUT2D eigenvalue weighted by Crippen LogP contribution is 2.29. The van der Waals surface area contributed by atoms with Crippen LogP contribution < -0.4 is 0 Å². The Morgan fingerprint density at radius 2 is 2.43 bits per heavy atom. The number of likely N-dealkylation sites (tertiary alicyclic amines) is 1. The van der Waals surface area contributed by atoms with Crippen molar-refractivity contribution in [3.8, 4) is 0 Å². The largest absolute Gasteiger partial charge is 0.345 e. The first-order chi connectivity index (χ1) is 6.68. The van der Waals surface area contributed by atoms with E-state index in [-0.39, 0.29) is 17.7 Å². The third-order valence-corrected chi connectivity index (χ3v) is 3.19. The number of rotatable bonds is 1. The summed E-state index contributed by atoms with van der Waals surface area (Å²) in [6.07, 6.45) is 5.49. The average Bonchev–Trinajstić information content (AvgIpc) is 2.50.